The van der Waals surface area contributed by atoms with Crippen LogP contribution in [-0.2, 0) is 0 Å². The van der Waals surface area contributed by atoms with Gasteiger partial charge in [-0.15, -0.1) is 0 Å². The lowest BCUT2D eigenvalue weighted by atomic mass is 10.1. The first kappa shape index (κ1) is 24.3. The van der Waals surface area contributed by atoms with Crippen LogP contribution in [0, 0.1) is 6.92 Å². The van der Waals surface area contributed by atoms with E-state index in [-0.39, 0.29) is 0 Å². The number of aromatic nitrogens is 2. The Bertz CT molecular complexity index is 696. The standard InChI is InChI=1S/C26H42N2O2/c1-4-6-8-10-12-14-18-29-25-17-16-23(24-20-22(3)27-28-24)21-26(25)30-19-15-13-11-9-7-5-2/h16-17,20-21H,4-15,18-19H2,1-3H3,(H,27,28). The molecule has 4 heteroatoms. The van der Waals surface area contributed by atoms with Crippen LogP contribution in [0.4, 0.5) is 0 Å². The molecule has 30 heavy (non-hydrogen) atoms. The number of unbranched alkanes of at least 4 members (excludes halogenated alkanes) is 10. The fraction of sp³-hybridized carbons (Fsp3) is 0.654. The van der Waals surface area contributed by atoms with Gasteiger partial charge in [-0.25, -0.2) is 0 Å². The topological polar surface area (TPSA) is 47.1 Å². The lowest BCUT2D eigenvalue weighted by Gasteiger charge is -2.14. The molecule has 0 bridgehead atoms. The van der Waals surface area contributed by atoms with E-state index in [1.807, 2.05) is 13.0 Å². The van der Waals surface area contributed by atoms with E-state index in [0.717, 1.165) is 54.5 Å². The summed E-state index contributed by atoms with van der Waals surface area (Å²) in [5.41, 5.74) is 3.06. The van der Waals surface area contributed by atoms with Crippen LogP contribution in [0.25, 0.3) is 11.3 Å². The van der Waals surface area contributed by atoms with Crippen LogP contribution in [0.1, 0.15) is 96.6 Å². The van der Waals surface area contributed by atoms with Gasteiger partial charge < -0.3 is 9.47 Å². The summed E-state index contributed by atoms with van der Waals surface area (Å²) in [5, 5.41) is 7.40. The van der Waals surface area contributed by atoms with Gasteiger partial charge in [0.1, 0.15) is 0 Å². The van der Waals surface area contributed by atoms with Gasteiger partial charge in [0.05, 0.1) is 18.9 Å². The summed E-state index contributed by atoms with van der Waals surface area (Å²) in [4.78, 5) is 0. The molecule has 0 aliphatic rings. The molecule has 0 saturated heterocycles. The summed E-state index contributed by atoms with van der Waals surface area (Å²) >= 11 is 0. The van der Waals surface area contributed by atoms with Gasteiger partial charge in [0.25, 0.3) is 0 Å². The highest BCUT2D eigenvalue weighted by Gasteiger charge is 2.10. The zero-order chi connectivity index (χ0) is 21.4. The monoisotopic (exact) mass is 414 g/mol. The number of nitrogens with zero attached hydrogens (tertiary/aromatic N) is 1. The van der Waals surface area contributed by atoms with E-state index in [4.69, 9.17) is 9.47 Å². The second-order valence-corrected chi connectivity index (χ2v) is 8.33. The van der Waals surface area contributed by atoms with Gasteiger partial charge in [-0.2, -0.15) is 5.10 Å². The number of benzene rings is 1. The molecule has 2 rings (SSSR count). The molecule has 0 fully saturated rings. The smallest absolute Gasteiger partial charge is 0.161 e. The SMILES string of the molecule is CCCCCCCCOc1ccc(-c2cc(C)[nH]n2)cc1OCCCCCCCC. The van der Waals surface area contributed by atoms with Gasteiger partial charge in [0.2, 0.25) is 0 Å². The summed E-state index contributed by atoms with van der Waals surface area (Å²) in [6.45, 7) is 8.01. The third-order valence-electron chi connectivity index (χ3n) is 5.46. The third kappa shape index (κ3) is 9.23. The lowest BCUT2D eigenvalue weighted by molar-refractivity contribution is 0.258. The van der Waals surface area contributed by atoms with Crippen molar-refractivity contribution in [1.29, 1.82) is 0 Å². The Morgan fingerprint density at radius 3 is 1.83 bits per heavy atom. The van der Waals surface area contributed by atoms with Gasteiger partial charge in [-0.1, -0.05) is 78.1 Å². The molecule has 0 spiro atoms. The normalized spacial score (nSPS) is 11.0. The molecular formula is C26H42N2O2. The fourth-order valence-corrected chi connectivity index (χ4v) is 3.59. The fourth-order valence-electron chi connectivity index (χ4n) is 3.59. The first-order valence-electron chi connectivity index (χ1n) is 12.2. The highest BCUT2D eigenvalue weighted by atomic mass is 16.5. The maximum atomic E-state index is 6.16. The van der Waals surface area contributed by atoms with Crippen molar-refractivity contribution in [1.82, 2.24) is 10.2 Å². The number of hydrogen-bond acceptors (Lipinski definition) is 3. The van der Waals surface area contributed by atoms with E-state index in [0.29, 0.717) is 0 Å². The van der Waals surface area contributed by atoms with Crippen LogP contribution in [0.15, 0.2) is 24.3 Å². The van der Waals surface area contributed by atoms with Crippen molar-refractivity contribution >= 4 is 0 Å². The molecule has 1 aromatic heterocycles. The highest BCUT2D eigenvalue weighted by Crippen LogP contribution is 2.33. The van der Waals surface area contributed by atoms with Gasteiger partial charge >= 0.3 is 0 Å². The number of hydrogen-bond donors (Lipinski definition) is 1. The molecule has 1 N–H and O–H groups in total. The summed E-state index contributed by atoms with van der Waals surface area (Å²) in [6, 6.07) is 8.24. The molecule has 1 heterocycles. The Kier molecular flexibility index (Phi) is 12.1. The second-order valence-electron chi connectivity index (χ2n) is 8.33. The van der Waals surface area contributed by atoms with Gasteiger partial charge in [-0.05, 0) is 44.0 Å². The minimum Gasteiger partial charge on any atom is -0.490 e. The van der Waals surface area contributed by atoms with Crippen LogP contribution in [0.5, 0.6) is 11.5 Å². The first-order valence-corrected chi connectivity index (χ1v) is 12.2. The molecule has 0 atom stereocenters. The predicted octanol–water partition coefficient (Wildman–Crippen LogP) is 7.86. The van der Waals surface area contributed by atoms with E-state index >= 15 is 0 Å². The summed E-state index contributed by atoms with van der Waals surface area (Å²) < 4.78 is 12.3. The quantitative estimate of drug-likeness (QED) is 0.268. The number of nitrogens with one attached hydrogen (secondary N) is 1. The largest absolute Gasteiger partial charge is 0.490 e. The minimum absolute atomic E-state index is 0.739. The number of rotatable bonds is 17. The molecule has 2 aromatic rings. The van der Waals surface area contributed by atoms with Crippen LogP contribution in [0.2, 0.25) is 0 Å². The van der Waals surface area contributed by atoms with E-state index in [2.05, 4.69) is 42.2 Å². The van der Waals surface area contributed by atoms with Gasteiger partial charge in [0.15, 0.2) is 11.5 Å². The van der Waals surface area contributed by atoms with Crippen LogP contribution < -0.4 is 9.47 Å². The Hall–Kier alpha value is -1.97. The van der Waals surface area contributed by atoms with Gasteiger partial charge in [-0.3, -0.25) is 5.10 Å². The lowest BCUT2D eigenvalue weighted by Crippen LogP contribution is -2.03. The molecule has 0 aliphatic heterocycles. The van der Waals surface area contributed by atoms with E-state index in [9.17, 15) is 0 Å². The molecule has 0 radical (unpaired) electrons. The van der Waals surface area contributed by atoms with Crippen molar-refractivity contribution in [2.24, 2.45) is 0 Å². The second kappa shape index (κ2) is 14.9. The molecule has 4 nitrogen and oxygen atoms in total. The zero-order valence-corrected chi connectivity index (χ0v) is 19.5. The maximum Gasteiger partial charge on any atom is 0.161 e. The average molecular weight is 415 g/mol. The maximum absolute atomic E-state index is 6.16. The molecule has 0 unspecified atom stereocenters. The molecule has 1 aromatic carbocycles. The molecule has 168 valence electrons. The van der Waals surface area contributed by atoms with Crippen molar-refractivity contribution in [3.8, 4) is 22.8 Å². The number of ether oxygens (including phenoxy) is 2. The van der Waals surface area contributed by atoms with E-state index in [1.165, 1.54) is 64.2 Å². The van der Waals surface area contributed by atoms with Crippen LogP contribution in [0.3, 0.4) is 0 Å². The molecular weight excluding hydrogens is 372 g/mol. The third-order valence-corrected chi connectivity index (χ3v) is 5.46. The predicted molar refractivity (Wildman–Crippen MR) is 127 cm³/mol. The Morgan fingerprint density at radius 2 is 1.27 bits per heavy atom. The average Bonchev–Trinajstić information content (AvgIpc) is 3.19. The highest BCUT2D eigenvalue weighted by molar-refractivity contribution is 5.64. The van der Waals surface area contributed by atoms with Crippen LogP contribution in [-0.4, -0.2) is 23.4 Å². The van der Waals surface area contributed by atoms with Crippen LogP contribution >= 0.6 is 0 Å². The van der Waals surface area contributed by atoms with Crippen molar-refractivity contribution in [2.75, 3.05) is 13.2 Å². The summed E-state index contributed by atoms with van der Waals surface area (Å²) in [7, 11) is 0. The number of aryl methyl sites for hydroxylation is 1. The van der Waals surface area contributed by atoms with Crippen molar-refractivity contribution < 1.29 is 9.47 Å². The summed E-state index contributed by atoms with van der Waals surface area (Å²) in [5.74, 6) is 1.69. The van der Waals surface area contributed by atoms with Crippen molar-refractivity contribution in [2.45, 2.75) is 97.8 Å². The zero-order valence-electron chi connectivity index (χ0n) is 19.5. The summed E-state index contributed by atoms with van der Waals surface area (Å²) in [6.07, 6.45) is 15.2. The minimum atomic E-state index is 0.739. The van der Waals surface area contributed by atoms with Crippen molar-refractivity contribution in [3.63, 3.8) is 0 Å². The Morgan fingerprint density at radius 1 is 0.700 bits per heavy atom. The molecule has 0 amide bonds. The first-order chi connectivity index (χ1) is 14.7. The van der Waals surface area contributed by atoms with Crippen molar-refractivity contribution in [3.05, 3.63) is 30.0 Å². The number of H-pyrrole nitrogens is 1. The van der Waals surface area contributed by atoms with E-state index < -0.39 is 0 Å². The molecule has 0 saturated carbocycles. The van der Waals surface area contributed by atoms with E-state index in [1.54, 1.807) is 0 Å². The number of aromatic amines is 1. The van der Waals surface area contributed by atoms with Gasteiger partial charge in [0, 0.05) is 11.3 Å². The Labute approximate surface area is 183 Å². The Balaban J connectivity index is 1.88. The molecule has 0 aliphatic carbocycles.